The van der Waals surface area contributed by atoms with Gasteiger partial charge in [-0.2, -0.15) is 0 Å². The van der Waals surface area contributed by atoms with Gasteiger partial charge in [-0.3, -0.25) is 4.79 Å². The molecule has 4 aliphatic rings. The second-order valence-corrected chi connectivity index (χ2v) is 7.85. The SMILES string of the molecule is CCC1CC(CC)C2C3CC(CC3C3CCC(=O)O3)C12. The van der Waals surface area contributed by atoms with E-state index >= 15 is 0 Å². The van der Waals surface area contributed by atoms with Gasteiger partial charge in [0.05, 0.1) is 0 Å². The van der Waals surface area contributed by atoms with E-state index in [1.54, 1.807) is 0 Å². The monoisotopic (exact) mass is 276 g/mol. The van der Waals surface area contributed by atoms with Crippen molar-refractivity contribution in [1.29, 1.82) is 0 Å². The van der Waals surface area contributed by atoms with E-state index in [9.17, 15) is 4.79 Å². The van der Waals surface area contributed by atoms with Crippen molar-refractivity contribution < 1.29 is 9.53 Å². The minimum atomic E-state index is 0.0548. The van der Waals surface area contributed by atoms with Gasteiger partial charge in [0.1, 0.15) is 6.10 Å². The zero-order valence-corrected chi connectivity index (χ0v) is 12.9. The van der Waals surface area contributed by atoms with E-state index in [4.69, 9.17) is 4.74 Å². The number of fused-ring (bicyclic) bond motifs is 5. The maximum atomic E-state index is 11.4. The molecule has 112 valence electrons. The molecule has 8 atom stereocenters. The number of hydrogen-bond donors (Lipinski definition) is 0. The lowest BCUT2D eigenvalue weighted by atomic mass is 9.69. The number of cyclic esters (lactones) is 1. The van der Waals surface area contributed by atoms with Crippen molar-refractivity contribution >= 4 is 5.97 Å². The highest BCUT2D eigenvalue weighted by Gasteiger charge is 2.61. The van der Waals surface area contributed by atoms with Crippen LogP contribution >= 0.6 is 0 Å². The number of esters is 1. The summed E-state index contributed by atoms with van der Waals surface area (Å²) in [6, 6.07) is 0. The molecule has 2 nitrogen and oxygen atoms in total. The molecule has 0 amide bonds. The lowest BCUT2D eigenvalue weighted by Gasteiger charge is -2.37. The highest BCUT2D eigenvalue weighted by molar-refractivity contribution is 5.71. The van der Waals surface area contributed by atoms with Crippen LogP contribution in [-0.4, -0.2) is 12.1 Å². The number of carbonyl (C=O) groups is 1. The van der Waals surface area contributed by atoms with Crippen LogP contribution in [0, 0.1) is 41.4 Å². The first-order chi connectivity index (χ1) is 9.72. The smallest absolute Gasteiger partial charge is 0.306 e. The van der Waals surface area contributed by atoms with Crippen molar-refractivity contribution in [3.05, 3.63) is 0 Å². The second-order valence-electron chi connectivity index (χ2n) is 7.85. The maximum absolute atomic E-state index is 11.4. The fourth-order valence-corrected chi connectivity index (χ4v) is 6.72. The predicted octanol–water partition coefficient (Wildman–Crippen LogP) is 4.04. The molecule has 2 heteroatoms. The van der Waals surface area contributed by atoms with Crippen molar-refractivity contribution in [2.45, 2.75) is 64.9 Å². The number of carbonyl (C=O) groups excluding carboxylic acids is 1. The van der Waals surface area contributed by atoms with E-state index in [0.29, 0.717) is 12.3 Å². The van der Waals surface area contributed by atoms with Crippen molar-refractivity contribution in [2.24, 2.45) is 41.4 Å². The quantitative estimate of drug-likeness (QED) is 0.727. The summed E-state index contributed by atoms with van der Waals surface area (Å²) in [6.45, 7) is 4.78. The van der Waals surface area contributed by atoms with Crippen LogP contribution < -0.4 is 0 Å². The molecule has 0 radical (unpaired) electrons. The van der Waals surface area contributed by atoms with Gasteiger partial charge in [-0.25, -0.2) is 0 Å². The molecule has 3 saturated carbocycles. The van der Waals surface area contributed by atoms with E-state index in [-0.39, 0.29) is 12.1 Å². The van der Waals surface area contributed by atoms with Crippen LogP contribution in [0.5, 0.6) is 0 Å². The molecule has 2 bridgehead atoms. The summed E-state index contributed by atoms with van der Waals surface area (Å²) in [4.78, 5) is 11.4. The molecule has 0 aromatic carbocycles. The minimum Gasteiger partial charge on any atom is -0.462 e. The fourth-order valence-electron chi connectivity index (χ4n) is 6.72. The summed E-state index contributed by atoms with van der Waals surface area (Å²) in [5.41, 5.74) is 0. The van der Waals surface area contributed by atoms with E-state index in [0.717, 1.165) is 41.9 Å². The summed E-state index contributed by atoms with van der Waals surface area (Å²) in [5, 5.41) is 0. The largest absolute Gasteiger partial charge is 0.462 e. The zero-order chi connectivity index (χ0) is 13.9. The molecule has 8 unspecified atom stereocenters. The van der Waals surface area contributed by atoms with Gasteiger partial charge in [0.2, 0.25) is 0 Å². The van der Waals surface area contributed by atoms with Crippen LogP contribution in [0.1, 0.15) is 58.8 Å². The van der Waals surface area contributed by atoms with Crippen LogP contribution in [0.4, 0.5) is 0 Å². The molecule has 1 aliphatic heterocycles. The Morgan fingerprint density at radius 1 is 1.00 bits per heavy atom. The van der Waals surface area contributed by atoms with Gasteiger partial charge in [-0.05, 0) is 67.1 Å². The number of rotatable bonds is 3. The van der Waals surface area contributed by atoms with Gasteiger partial charge >= 0.3 is 5.97 Å². The normalized spacial score (nSPS) is 53.4. The Morgan fingerprint density at radius 2 is 1.70 bits per heavy atom. The van der Waals surface area contributed by atoms with E-state index in [2.05, 4.69) is 13.8 Å². The first-order valence-electron chi connectivity index (χ1n) is 8.92. The zero-order valence-electron chi connectivity index (χ0n) is 12.9. The first-order valence-corrected chi connectivity index (χ1v) is 8.92. The molecule has 4 rings (SSSR count). The molecule has 4 fully saturated rings. The summed E-state index contributed by atoms with van der Waals surface area (Å²) >= 11 is 0. The summed E-state index contributed by atoms with van der Waals surface area (Å²) in [5.74, 6) is 6.53. The van der Waals surface area contributed by atoms with E-state index in [1.807, 2.05) is 0 Å². The summed E-state index contributed by atoms with van der Waals surface area (Å²) in [6.07, 6.45) is 8.96. The summed E-state index contributed by atoms with van der Waals surface area (Å²) < 4.78 is 5.63. The van der Waals surface area contributed by atoms with Gasteiger partial charge in [-0.1, -0.05) is 26.7 Å². The Hall–Kier alpha value is -0.530. The molecule has 1 saturated heterocycles. The first kappa shape index (κ1) is 13.2. The van der Waals surface area contributed by atoms with Gasteiger partial charge < -0.3 is 4.74 Å². The van der Waals surface area contributed by atoms with Gasteiger partial charge in [-0.15, -0.1) is 0 Å². The van der Waals surface area contributed by atoms with Gasteiger partial charge in [0, 0.05) is 6.42 Å². The van der Waals surface area contributed by atoms with Crippen LogP contribution in [0.25, 0.3) is 0 Å². The summed E-state index contributed by atoms with van der Waals surface area (Å²) in [7, 11) is 0. The van der Waals surface area contributed by atoms with Crippen LogP contribution in [0.3, 0.4) is 0 Å². The molecule has 0 N–H and O–H groups in total. The maximum Gasteiger partial charge on any atom is 0.306 e. The highest BCUT2D eigenvalue weighted by atomic mass is 16.5. The molecule has 3 aliphatic carbocycles. The van der Waals surface area contributed by atoms with Crippen LogP contribution in [0.15, 0.2) is 0 Å². The van der Waals surface area contributed by atoms with Gasteiger partial charge in [0.15, 0.2) is 0 Å². The fraction of sp³-hybridized carbons (Fsp3) is 0.944. The molecule has 20 heavy (non-hydrogen) atoms. The van der Waals surface area contributed by atoms with Gasteiger partial charge in [0.25, 0.3) is 0 Å². The lowest BCUT2D eigenvalue weighted by molar-refractivity contribution is -0.144. The highest BCUT2D eigenvalue weighted by Crippen LogP contribution is 2.66. The van der Waals surface area contributed by atoms with Crippen molar-refractivity contribution in [3.63, 3.8) is 0 Å². The third-order valence-electron chi connectivity index (χ3n) is 7.32. The molecular weight excluding hydrogens is 248 g/mol. The second kappa shape index (κ2) is 4.74. The Bertz CT molecular complexity index is 404. The lowest BCUT2D eigenvalue weighted by Crippen LogP contribution is -2.35. The average molecular weight is 276 g/mol. The molecular formula is C18H28O2. The minimum absolute atomic E-state index is 0.0548. The number of hydrogen-bond acceptors (Lipinski definition) is 2. The predicted molar refractivity (Wildman–Crippen MR) is 78.0 cm³/mol. The third kappa shape index (κ3) is 1.72. The van der Waals surface area contributed by atoms with Crippen molar-refractivity contribution in [2.75, 3.05) is 0 Å². The van der Waals surface area contributed by atoms with E-state index < -0.39 is 0 Å². The van der Waals surface area contributed by atoms with Crippen molar-refractivity contribution in [1.82, 2.24) is 0 Å². The Morgan fingerprint density at radius 3 is 2.35 bits per heavy atom. The molecule has 0 spiro atoms. The Balaban J connectivity index is 1.55. The van der Waals surface area contributed by atoms with Crippen molar-refractivity contribution in [3.8, 4) is 0 Å². The standard InChI is InChI=1S/C18H28O2/c1-3-10-7-11(4-2)18-14-9-12(17(10)18)8-13(14)15-5-6-16(19)20-15/h10-15,17-18H,3-9H2,1-2H3. The number of ether oxygens (including phenoxy) is 1. The topological polar surface area (TPSA) is 26.3 Å². The average Bonchev–Trinajstić information content (AvgIpc) is 3.17. The Kier molecular flexibility index (Phi) is 3.12. The third-order valence-corrected chi connectivity index (χ3v) is 7.32. The molecule has 0 aromatic heterocycles. The molecule has 0 aromatic rings. The van der Waals surface area contributed by atoms with Crippen LogP contribution in [-0.2, 0) is 9.53 Å². The Labute approximate surface area is 122 Å². The molecule has 1 heterocycles. The van der Waals surface area contributed by atoms with Crippen LogP contribution in [0.2, 0.25) is 0 Å². The van der Waals surface area contributed by atoms with E-state index in [1.165, 1.54) is 32.1 Å².